The van der Waals surface area contributed by atoms with Crippen LogP contribution in [0.2, 0.25) is 0 Å². The van der Waals surface area contributed by atoms with Crippen LogP contribution in [0.4, 0.5) is 4.79 Å². The number of amides is 2. The zero-order chi connectivity index (χ0) is 24.7. The van der Waals surface area contributed by atoms with E-state index in [1.807, 2.05) is 60.7 Å². The normalized spacial score (nSPS) is 32.7. The first kappa shape index (κ1) is 23.1. The van der Waals surface area contributed by atoms with Gasteiger partial charge in [-0.15, -0.1) is 0 Å². The van der Waals surface area contributed by atoms with Gasteiger partial charge in [-0.3, -0.25) is 14.6 Å². The van der Waals surface area contributed by atoms with Crippen LogP contribution in [0.3, 0.4) is 0 Å². The van der Waals surface area contributed by atoms with Crippen molar-refractivity contribution in [2.75, 3.05) is 6.61 Å². The lowest BCUT2D eigenvalue weighted by Crippen LogP contribution is -2.79. The van der Waals surface area contributed by atoms with E-state index in [2.05, 4.69) is 0 Å². The number of cyclic esters (lactones) is 1. The number of β-lactam (4-membered cyclic amide) rings is 1. The van der Waals surface area contributed by atoms with E-state index < -0.39 is 54.2 Å². The van der Waals surface area contributed by atoms with Gasteiger partial charge >= 0.3 is 12.1 Å². The van der Waals surface area contributed by atoms with Gasteiger partial charge in [-0.1, -0.05) is 72.8 Å². The molecule has 0 bridgehead atoms. The number of carboxylic acids is 1. The molecule has 3 heterocycles. The summed E-state index contributed by atoms with van der Waals surface area (Å²) in [7, 11) is 0. The zero-order valence-corrected chi connectivity index (χ0v) is 19.3. The summed E-state index contributed by atoms with van der Waals surface area (Å²) in [6.07, 6.45) is 1.17. The molecule has 9 nitrogen and oxygen atoms in total. The summed E-state index contributed by atoms with van der Waals surface area (Å²) in [6.45, 7) is 3.24. The van der Waals surface area contributed by atoms with Crippen molar-refractivity contribution >= 4 is 24.0 Å². The predicted octanol–water partition coefficient (Wildman–Crippen LogP) is 3.03. The van der Waals surface area contributed by atoms with Gasteiger partial charge in [0.1, 0.15) is 18.8 Å². The summed E-state index contributed by atoms with van der Waals surface area (Å²) in [6, 6.07) is 16.5. The second kappa shape index (κ2) is 8.83. The number of nitrogens with zero attached hydrogens (tertiary/aromatic N) is 2. The van der Waals surface area contributed by atoms with E-state index in [0.717, 1.165) is 11.1 Å². The van der Waals surface area contributed by atoms with E-state index in [1.54, 1.807) is 26.0 Å². The minimum Gasteiger partial charge on any atom is -0.478 e. The zero-order valence-electron chi connectivity index (χ0n) is 19.3. The Bertz CT molecular complexity index is 1150. The van der Waals surface area contributed by atoms with E-state index >= 15 is 0 Å². The molecular weight excluding hydrogens is 452 g/mol. The molecule has 35 heavy (non-hydrogen) atoms. The van der Waals surface area contributed by atoms with Crippen LogP contribution in [-0.4, -0.2) is 69.7 Å². The number of hydrogen-bond donors (Lipinski definition) is 1. The number of rotatable bonds is 6. The molecular formula is C26H26N2O7. The highest BCUT2D eigenvalue weighted by Crippen LogP contribution is 2.45. The Morgan fingerprint density at radius 3 is 2.31 bits per heavy atom. The lowest BCUT2D eigenvalue weighted by molar-refractivity contribution is -0.222. The molecule has 2 aromatic rings. The van der Waals surface area contributed by atoms with Crippen LogP contribution < -0.4 is 0 Å². The summed E-state index contributed by atoms with van der Waals surface area (Å²) in [5.74, 6) is -1.87. The molecule has 0 saturated carbocycles. The lowest BCUT2D eigenvalue weighted by atomic mass is 9.86. The maximum absolute atomic E-state index is 13.7. The Kier molecular flexibility index (Phi) is 5.82. The van der Waals surface area contributed by atoms with Gasteiger partial charge in [0.15, 0.2) is 6.29 Å². The Labute approximate surface area is 202 Å². The van der Waals surface area contributed by atoms with E-state index in [0.29, 0.717) is 0 Å². The molecule has 2 amide bonds. The van der Waals surface area contributed by atoms with Crippen LogP contribution in [0.5, 0.6) is 0 Å². The molecule has 2 aromatic carbocycles. The minimum absolute atomic E-state index is 0.0961. The van der Waals surface area contributed by atoms with Crippen molar-refractivity contribution in [3.8, 4) is 0 Å². The molecule has 5 rings (SSSR count). The molecule has 3 saturated heterocycles. The fourth-order valence-electron chi connectivity index (χ4n) is 5.14. The van der Waals surface area contributed by atoms with Crippen LogP contribution in [0.1, 0.15) is 31.0 Å². The van der Waals surface area contributed by atoms with Crippen LogP contribution in [0.25, 0.3) is 6.08 Å². The molecule has 0 spiro atoms. The average molecular weight is 479 g/mol. The third-order valence-electron chi connectivity index (χ3n) is 6.75. The molecule has 3 aliphatic heterocycles. The minimum atomic E-state index is -2.02. The smallest absolute Gasteiger partial charge is 0.411 e. The molecule has 3 aliphatic rings. The third kappa shape index (κ3) is 3.67. The first-order chi connectivity index (χ1) is 16.8. The van der Waals surface area contributed by atoms with Crippen LogP contribution in [0, 0.1) is 0 Å². The second-order valence-electron chi connectivity index (χ2n) is 8.79. The summed E-state index contributed by atoms with van der Waals surface area (Å²) >= 11 is 0. The Hall–Kier alpha value is -3.69. The topological polar surface area (TPSA) is 106 Å². The van der Waals surface area contributed by atoms with Crippen molar-refractivity contribution in [1.82, 2.24) is 9.80 Å². The van der Waals surface area contributed by atoms with Crippen LogP contribution in [0.15, 0.2) is 66.7 Å². The molecule has 3 unspecified atom stereocenters. The summed E-state index contributed by atoms with van der Waals surface area (Å²) in [5.41, 5.74) is -0.334. The molecule has 1 N–H and O–H groups in total. The summed E-state index contributed by atoms with van der Waals surface area (Å²) in [5, 5.41) is 10.2. The number of carboxylic acid groups (broad SMARTS) is 1. The van der Waals surface area contributed by atoms with E-state index in [4.69, 9.17) is 14.2 Å². The van der Waals surface area contributed by atoms with Gasteiger partial charge in [-0.25, -0.2) is 9.59 Å². The van der Waals surface area contributed by atoms with Gasteiger partial charge < -0.3 is 19.3 Å². The van der Waals surface area contributed by atoms with Gasteiger partial charge in [0.25, 0.3) is 11.6 Å². The number of carbonyl (C=O) groups is 3. The van der Waals surface area contributed by atoms with Crippen LogP contribution in [-0.2, 0) is 23.8 Å². The standard InChI is InChI=1S/C26H26N2O7/c1-16-26(24(30)31,35-17(2)34-16)28-20(14-13-18-9-5-3-6-10-18)22(23(28)29)27-21(15-33-25(27)32)19-11-7-4-8-12-19/h3-14,16-17,20-22H,15H2,1-2H3,(H,30,31)/t16?,17?,20-,21-,22+,26?/m1/s1. The first-order valence-electron chi connectivity index (χ1n) is 11.5. The Morgan fingerprint density at radius 2 is 1.71 bits per heavy atom. The van der Waals surface area contributed by atoms with Crippen molar-refractivity contribution in [3.05, 3.63) is 77.9 Å². The number of hydrogen-bond acceptors (Lipinski definition) is 6. The van der Waals surface area contributed by atoms with E-state index in [9.17, 15) is 19.5 Å². The maximum Gasteiger partial charge on any atom is 0.411 e. The average Bonchev–Trinajstić information content (AvgIpc) is 3.37. The van der Waals surface area contributed by atoms with Crippen molar-refractivity contribution in [2.45, 2.75) is 50.1 Å². The van der Waals surface area contributed by atoms with Gasteiger partial charge in [-0.05, 0) is 25.0 Å². The Balaban J connectivity index is 1.56. The molecule has 0 aromatic heterocycles. The highest BCUT2D eigenvalue weighted by atomic mass is 16.8. The highest BCUT2D eigenvalue weighted by molar-refractivity contribution is 5.98. The highest BCUT2D eigenvalue weighted by Gasteiger charge is 2.68. The molecule has 3 fully saturated rings. The number of likely N-dealkylation sites (tertiary alicyclic amines) is 1. The fraction of sp³-hybridized carbons (Fsp3) is 0.346. The van der Waals surface area contributed by atoms with Crippen molar-refractivity contribution in [2.24, 2.45) is 0 Å². The number of carbonyl (C=O) groups excluding carboxylic acids is 2. The summed E-state index contributed by atoms with van der Waals surface area (Å²) in [4.78, 5) is 41.7. The first-order valence-corrected chi connectivity index (χ1v) is 11.5. The van der Waals surface area contributed by atoms with Crippen molar-refractivity contribution in [1.29, 1.82) is 0 Å². The molecule has 0 radical (unpaired) electrons. The Morgan fingerprint density at radius 1 is 1.06 bits per heavy atom. The molecule has 6 atom stereocenters. The molecule has 0 aliphatic carbocycles. The monoisotopic (exact) mass is 478 g/mol. The van der Waals surface area contributed by atoms with Gasteiger partial charge in [0.05, 0.1) is 12.1 Å². The molecule has 9 heteroatoms. The number of aliphatic carboxylic acids is 1. The van der Waals surface area contributed by atoms with Crippen LogP contribution >= 0.6 is 0 Å². The largest absolute Gasteiger partial charge is 0.478 e. The SMILES string of the molecule is CC1OC(C)C(C(=O)O)(N2C(=O)[C@@H](N3C(=O)OC[C@@H]3c3ccccc3)[C@H]2C=Cc2ccccc2)O1. The third-order valence-corrected chi connectivity index (χ3v) is 6.75. The molecule has 182 valence electrons. The van der Waals surface area contributed by atoms with E-state index in [1.165, 1.54) is 9.80 Å². The van der Waals surface area contributed by atoms with Gasteiger partial charge in [-0.2, -0.15) is 0 Å². The van der Waals surface area contributed by atoms with Gasteiger partial charge in [0, 0.05) is 0 Å². The van der Waals surface area contributed by atoms with Crippen molar-refractivity contribution < 1.29 is 33.7 Å². The maximum atomic E-state index is 13.7. The predicted molar refractivity (Wildman–Crippen MR) is 124 cm³/mol. The number of benzene rings is 2. The fourth-order valence-corrected chi connectivity index (χ4v) is 5.14. The quantitative estimate of drug-likeness (QED) is 0.636. The number of ether oxygens (including phenoxy) is 3. The lowest BCUT2D eigenvalue weighted by Gasteiger charge is -2.55. The second-order valence-corrected chi connectivity index (χ2v) is 8.79. The summed E-state index contributed by atoms with van der Waals surface area (Å²) < 4.78 is 16.7. The van der Waals surface area contributed by atoms with Crippen molar-refractivity contribution in [3.63, 3.8) is 0 Å². The van der Waals surface area contributed by atoms with Gasteiger partial charge in [0.2, 0.25) is 0 Å². The van der Waals surface area contributed by atoms with E-state index in [-0.39, 0.29) is 6.61 Å².